The van der Waals surface area contributed by atoms with E-state index in [9.17, 15) is 9.18 Å². The number of para-hydroxylation sites is 1. The smallest absolute Gasteiger partial charge is 0.251 e. The second-order valence-corrected chi connectivity index (χ2v) is 6.02. The number of nitrogens with zero attached hydrogens (tertiary/aromatic N) is 4. The first kappa shape index (κ1) is 16.1. The summed E-state index contributed by atoms with van der Waals surface area (Å²) in [6, 6.07) is 10.0. The van der Waals surface area contributed by atoms with Crippen LogP contribution in [0.1, 0.15) is 11.5 Å². The van der Waals surface area contributed by atoms with E-state index in [1.54, 1.807) is 19.2 Å². The monoisotopic (exact) mass is 349 g/mol. The number of aromatic amines is 1. The van der Waals surface area contributed by atoms with Crippen molar-refractivity contribution in [1.29, 1.82) is 0 Å². The number of benzene rings is 1. The number of H-pyrrole nitrogens is 1. The van der Waals surface area contributed by atoms with Crippen molar-refractivity contribution in [3.8, 4) is 11.5 Å². The van der Waals surface area contributed by atoms with E-state index in [0.29, 0.717) is 41.5 Å². The molecular formula is C19H16FN5O. The van der Waals surface area contributed by atoms with Crippen molar-refractivity contribution in [2.24, 2.45) is 0 Å². The first-order valence-electron chi connectivity index (χ1n) is 8.24. The van der Waals surface area contributed by atoms with Crippen molar-refractivity contribution in [2.75, 3.05) is 0 Å². The normalized spacial score (nSPS) is 11.2. The summed E-state index contributed by atoms with van der Waals surface area (Å²) in [5.74, 6) is 0.882. The molecule has 0 saturated heterocycles. The maximum absolute atomic E-state index is 14.0. The average Bonchev–Trinajstić information content (AvgIpc) is 3.08. The molecule has 1 N–H and O–H groups in total. The Morgan fingerprint density at radius 1 is 1.19 bits per heavy atom. The van der Waals surface area contributed by atoms with Gasteiger partial charge in [-0.05, 0) is 19.1 Å². The molecule has 0 aliphatic rings. The van der Waals surface area contributed by atoms with Gasteiger partial charge < -0.3 is 9.55 Å². The molecule has 4 rings (SSSR count). The molecule has 0 bridgehead atoms. The lowest BCUT2D eigenvalue weighted by Gasteiger charge is -2.08. The number of nitrogens with one attached hydrogen (secondary N) is 1. The SMILES string of the molecule is Cc1nc(CCn2ccnc2-c2ccc3cccc(F)c3n2)cc(=O)[nH]1. The molecule has 0 aliphatic heterocycles. The van der Waals surface area contributed by atoms with Gasteiger partial charge in [0, 0.05) is 42.5 Å². The third-order valence-corrected chi connectivity index (χ3v) is 4.14. The molecule has 0 fully saturated rings. The third kappa shape index (κ3) is 3.11. The molecular weight excluding hydrogens is 333 g/mol. The van der Waals surface area contributed by atoms with E-state index >= 15 is 0 Å². The van der Waals surface area contributed by atoms with Crippen LogP contribution < -0.4 is 5.56 Å². The van der Waals surface area contributed by atoms with Gasteiger partial charge in [0.1, 0.15) is 22.9 Å². The van der Waals surface area contributed by atoms with E-state index in [0.717, 1.165) is 5.39 Å². The van der Waals surface area contributed by atoms with Crippen LogP contribution in [0.3, 0.4) is 0 Å². The molecule has 0 amide bonds. The number of fused-ring (bicyclic) bond motifs is 1. The predicted molar refractivity (Wildman–Crippen MR) is 96.2 cm³/mol. The molecule has 4 aromatic rings. The molecule has 0 saturated carbocycles. The lowest BCUT2D eigenvalue weighted by Crippen LogP contribution is -2.12. The molecule has 6 nitrogen and oxygen atoms in total. The third-order valence-electron chi connectivity index (χ3n) is 4.14. The van der Waals surface area contributed by atoms with Gasteiger partial charge in [0.15, 0.2) is 5.82 Å². The molecule has 0 atom stereocenters. The van der Waals surface area contributed by atoms with E-state index in [1.807, 2.05) is 29.0 Å². The summed E-state index contributed by atoms with van der Waals surface area (Å²) in [7, 11) is 0. The Kier molecular flexibility index (Phi) is 4.04. The van der Waals surface area contributed by atoms with Crippen molar-refractivity contribution in [3.05, 3.63) is 76.5 Å². The zero-order valence-corrected chi connectivity index (χ0v) is 14.1. The van der Waals surface area contributed by atoms with Crippen LogP contribution in [0.25, 0.3) is 22.4 Å². The fourth-order valence-electron chi connectivity index (χ4n) is 2.96. The van der Waals surface area contributed by atoms with Crippen LogP contribution in [-0.4, -0.2) is 24.5 Å². The molecule has 3 aromatic heterocycles. The van der Waals surface area contributed by atoms with Gasteiger partial charge in [0.25, 0.3) is 5.56 Å². The highest BCUT2D eigenvalue weighted by atomic mass is 19.1. The van der Waals surface area contributed by atoms with E-state index in [4.69, 9.17) is 0 Å². The first-order chi connectivity index (χ1) is 12.6. The number of aryl methyl sites for hydroxylation is 3. The lowest BCUT2D eigenvalue weighted by atomic mass is 10.2. The quantitative estimate of drug-likeness (QED) is 0.615. The first-order valence-corrected chi connectivity index (χ1v) is 8.24. The predicted octanol–water partition coefficient (Wildman–Crippen LogP) is 2.87. The number of hydrogen-bond acceptors (Lipinski definition) is 4. The molecule has 3 heterocycles. The second-order valence-electron chi connectivity index (χ2n) is 6.02. The summed E-state index contributed by atoms with van der Waals surface area (Å²) >= 11 is 0. The number of imidazole rings is 1. The van der Waals surface area contributed by atoms with Gasteiger partial charge in [-0.15, -0.1) is 0 Å². The zero-order chi connectivity index (χ0) is 18.1. The summed E-state index contributed by atoms with van der Waals surface area (Å²) in [6.45, 7) is 2.34. The Hall–Kier alpha value is -3.35. The van der Waals surface area contributed by atoms with Crippen LogP contribution in [0, 0.1) is 12.7 Å². The van der Waals surface area contributed by atoms with Crippen molar-refractivity contribution >= 4 is 10.9 Å². The summed E-state index contributed by atoms with van der Waals surface area (Å²) in [5, 5.41) is 0.745. The lowest BCUT2D eigenvalue weighted by molar-refractivity contribution is 0.636. The fourth-order valence-corrected chi connectivity index (χ4v) is 2.96. The Morgan fingerprint density at radius 2 is 2.08 bits per heavy atom. The van der Waals surface area contributed by atoms with Gasteiger partial charge >= 0.3 is 0 Å². The standard InChI is InChI=1S/C19H16FN5O/c1-12-22-14(11-17(26)23-12)7-9-25-10-8-21-19(25)16-6-5-13-3-2-4-15(20)18(13)24-16/h2-6,8,10-11H,7,9H2,1H3,(H,22,23,26). The number of aromatic nitrogens is 5. The van der Waals surface area contributed by atoms with Crippen LogP contribution in [0.4, 0.5) is 4.39 Å². The highest BCUT2D eigenvalue weighted by Gasteiger charge is 2.11. The Balaban J connectivity index is 1.64. The molecule has 7 heteroatoms. The molecule has 130 valence electrons. The highest BCUT2D eigenvalue weighted by molar-refractivity contribution is 5.81. The van der Waals surface area contributed by atoms with Crippen LogP contribution in [0.15, 0.2) is 53.6 Å². The van der Waals surface area contributed by atoms with Crippen molar-refractivity contribution < 1.29 is 4.39 Å². The zero-order valence-electron chi connectivity index (χ0n) is 14.1. The topological polar surface area (TPSA) is 76.5 Å². The second kappa shape index (κ2) is 6.51. The average molecular weight is 349 g/mol. The summed E-state index contributed by atoms with van der Waals surface area (Å²) in [6.07, 6.45) is 4.09. The minimum atomic E-state index is -0.356. The molecule has 1 aromatic carbocycles. The van der Waals surface area contributed by atoms with Crippen molar-refractivity contribution in [3.63, 3.8) is 0 Å². The Labute approximate surface area is 148 Å². The van der Waals surface area contributed by atoms with E-state index < -0.39 is 0 Å². The number of pyridine rings is 1. The van der Waals surface area contributed by atoms with Gasteiger partial charge in [0.2, 0.25) is 0 Å². The Bertz CT molecular complexity index is 1150. The summed E-state index contributed by atoms with van der Waals surface area (Å²) < 4.78 is 15.9. The van der Waals surface area contributed by atoms with Crippen LogP contribution >= 0.6 is 0 Å². The molecule has 0 spiro atoms. The largest absolute Gasteiger partial charge is 0.329 e. The molecule has 26 heavy (non-hydrogen) atoms. The number of hydrogen-bond donors (Lipinski definition) is 1. The van der Waals surface area contributed by atoms with Crippen molar-refractivity contribution in [2.45, 2.75) is 19.9 Å². The highest BCUT2D eigenvalue weighted by Crippen LogP contribution is 2.21. The van der Waals surface area contributed by atoms with Crippen molar-refractivity contribution in [1.82, 2.24) is 24.5 Å². The maximum atomic E-state index is 14.0. The van der Waals surface area contributed by atoms with Gasteiger partial charge in [0.05, 0.1) is 0 Å². The maximum Gasteiger partial charge on any atom is 0.251 e. The van der Waals surface area contributed by atoms with E-state index in [2.05, 4.69) is 19.9 Å². The van der Waals surface area contributed by atoms with Gasteiger partial charge in [-0.2, -0.15) is 0 Å². The molecule has 0 radical (unpaired) electrons. The van der Waals surface area contributed by atoms with Gasteiger partial charge in [-0.1, -0.05) is 18.2 Å². The minimum Gasteiger partial charge on any atom is -0.329 e. The number of rotatable bonds is 4. The van der Waals surface area contributed by atoms with Gasteiger partial charge in [-0.3, -0.25) is 4.79 Å². The molecule has 0 unspecified atom stereocenters. The van der Waals surface area contributed by atoms with E-state index in [1.165, 1.54) is 12.1 Å². The number of halogens is 1. The Morgan fingerprint density at radius 3 is 2.92 bits per heavy atom. The van der Waals surface area contributed by atoms with Crippen LogP contribution in [-0.2, 0) is 13.0 Å². The van der Waals surface area contributed by atoms with Crippen LogP contribution in [0.5, 0.6) is 0 Å². The fraction of sp³-hybridized carbons (Fsp3) is 0.158. The molecule has 0 aliphatic carbocycles. The van der Waals surface area contributed by atoms with E-state index in [-0.39, 0.29) is 11.4 Å². The summed E-state index contributed by atoms with van der Waals surface area (Å²) in [5.41, 5.74) is 1.47. The summed E-state index contributed by atoms with van der Waals surface area (Å²) in [4.78, 5) is 27.3. The van der Waals surface area contributed by atoms with Gasteiger partial charge in [-0.25, -0.2) is 19.3 Å². The van der Waals surface area contributed by atoms with Crippen LogP contribution in [0.2, 0.25) is 0 Å². The minimum absolute atomic E-state index is 0.162.